The molecule has 0 saturated carbocycles. The average molecular weight is 393 g/mol. The van der Waals surface area contributed by atoms with Crippen molar-refractivity contribution in [3.63, 3.8) is 0 Å². The van der Waals surface area contributed by atoms with Crippen molar-refractivity contribution in [1.82, 2.24) is 4.98 Å². The van der Waals surface area contributed by atoms with Gasteiger partial charge in [0.15, 0.2) is 5.75 Å². The molecule has 1 fully saturated rings. The highest BCUT2D eigenvalue weighted by Crippen LogP contribution is 2.50. The number of nitrogens with one attached hydrogen (secondary N) is 1. The first kappa shape index (κ1) is 17.2. The molecule has 3 aromatic rings. The van der Waals surface area contributed by atoms with Gasteiger partial charge in [-0.1, -0.05) is 17.8 Å². The maximum absolute atomic E-state index is 12.4. The van der Waals surface area contributed by atoms with Crippen LogP contribution in [0.25, 0.3) is 11.3 Å². The zero-order chi connectivity index (χ0) is 19.1. The van der Waals surface area contributed by atoms with E-state index in [-0.39, 0.29) is 5.56 Å². The van der Waals surface area contributed by atoms with Crippen molar-refractivity contribution >= 4 is 23.1 Å². The van der Waals surface area contributed by atoms with Gasteiger partial charge in [0.25, 0.3) is 0 Å². The summed E-state index contributed by atoms with van der Waals surface area (Å²) in [5.41, 5.74) is 8.98. The number of benzene rings is 2. The number of hydrogen-bond donors (Lipinski definition) is 2. The maximum atomic E-state index is 12.4. The molecule has 0 unspecified atom stereocenters. The van der Waals surface area contributed by atoms with Gasteiger partial charge in [-0.25, -0.2) is 0 Å². The molecule has 2 aliphatic rings. The molecule has 6 nitrogen and oxygen atoms in total. The zero-order valence-corrected chi connectivity index (χ0v) is 15.9. The van der Waals surface area contributed by atoms with Crippen LogP contribution >= 0.6 is 11.8 Å². The molecule has 2 aliphatic heterocycles. The summed E-state index contributed by atoms with van der Waals surface area (Å²) in [6, 6.07) is 15.2. The summed E-state index contributed by atoms with van der Waals surface area (Å²) in [5.74, 6) is 1.52. The fourth-order valence-corrected chi connectivity index (χ4v) is 4.54. The Morgan fingerprint density at radius 1 is 1.04 bits per heavy atom. The minimum atomic E-state index is -0.131. The lowest BCUT2D eigenvalue weighted by atomic mass is 10.1. The molecule has 0 bridgehead atoms. The Morgan fingerprint density at radius 2 is 1.89 bits per heavy atom. The van der Waals surface area contributed by atoms with Crippen LogP contribution in [-0.2, 0) is 4.74 Å². The summed E-state index contributed by atoms with van der Waals surface area (Å²) in [7, 11) is 0. The molecular weight excluding hydrogens is 374 g/mol. The Hall–Kier alpha value is -2.90. The minimum Gasteiger partial charge on any atom is -0.454 e. The first-order chi connectivity index (χ1) is 13.7. The molecule has 1 aromatic heterocycles. The number of aromatic nitrogens is 1. The number of hydrogen-bond acceptors (Lipinski definition) is 6. The Balaban J connectivity index is 1.57. The second kappa shape index (κ2) is 6.92. The molecule has 0 atom stereocenters. The standard InChI is InChI=1S/C21H19N3O3S/c22-13-4-5-17-19(10-13)28-18-3-1-2-15(21(18)27-17)16-11-14(12-20(25)23-16)24-6-8-26-9-7-24/h1-5,10-12H,6-9,22H2,(H,23,25). The normalized spacial score (nSPS) is 15.5. The number of H-pyrrole nitrogens is 1. The summed E-state index contributed by atoms with van der Waals surface area (Å²) >= 11 is 1.62. The first-order valence-corrected chi connectivity index (χ1v) is 9.95. The van der Waals surface area contributed by atoms with Gasteiger partial charge in [0, 0.05) is 36.1 Å². The van der Waals surface area contributed by atoms with Crippen LogP contribution in [0.3, 0.4) is 0 Å². The van der Waals surface area contributed by atoms with Gasteiger partial charge in [0.2, 0.25) is 5.56 Å². The molecule has 0 radical (unpaired) electrons. The number of morpholine rings is 1. The molecule has 0 aliphatic carbocycles. The number of anilines is 2. The van der Waals surface area contributed by atoms with E-state index in [0.29, 0.717) is 18.9 Å². The van der Waals surface area contributed by atoms with E-state index in [9.17, 15) is 4.79 Å². The maximum Gasteiger partial charge on any atom is 0.250 e. The van der Waals surface area contributed by atoms with E-state index in [0.717, 1.165) is 51.3 Å². The third-order valence-electron chi connectivity index (χ3n) is 4.87. The first-order valence-electron chi connectivity index (χ1n) is 9.13. The van der Waals surface area contributed by atoms with Crippen LogP contribution in [0.15, 0.2) is 63.1 Å². The summed E-state index contributed by atoms with van der Waals surface area (Å²) in [6.07, 6.45) is 0. The summed E-state index contributed by atoms with van der Waals surface area (Å²) < 4.78 is 11.6. The van der Waals surface area contributed by atoms with E-state index in [1.165, 1.54) is 0 Å². The van der Waals surface area contributed by atoms with Crippen LogP contribution in [0.2, 0.25) is 0 Å². The lowest BCUT2D eigenvalue weighted by Gasteiger charge is -2.29. The summed E-state index contributed by atoms with van der Waals surface area (Å²) in [4.78, 5) is 19.5. The van der Waals surface area contributed by atoms with Gasteiger partial charge >= 0.3 is 0 Å². The number of nitrogens with two attached hydrogens (primary N) is 1. The number of para-hydroxylation sites is 1. The van der Waals surface area contributed by atoms with Gasteiger partial charge < -0.3 is 25.1 Å². The van der Waals surface area contributed by atoms with E-state index in [1.54, 1.807) is 17.8 Å². The number of ether oxygens (including phenoxy) is 2. The third kappa shape index (κ3) is 3.12. The van der Waals surface area contributed by atoms with Crippen LogP contribution in [0.4, 0.5) is 11.4 Å². The summed E-state index contributed by atoms with van der Waals surface area (Å²) in [5, 5.41) is 0. The minimum absolute atomic E-state index is 0.131. The number of rotatable bonds is 2. The number of pyridine rings is 1. The highest BCUT2D eigenvalue weighted by molar-refractivity contribution is 7.99. The van der Waals surface area contributed by atoms with Gasteiger partial charge in [0.05, 0.1) is 28.7 Å². The molecule has 5 rings (SSSR count). The topological polar surface area (TPSA) is 80.6 Å². The second-order valence-electron chi connectivity index (χ2n) is 6.76. The molecule has 7 heteroatoms. The fraction of sp³-hybridized carbons (Fsp3) is 0.190. The number of fused-ring (bicyclic) bond motifs is 2. The largest absolute Gasteiger partial charge is 0.454 e. The number of nitrogen functional groups attached to an aromatic ring is 1. The van der Waals surface area contributed by atoms with Crippen LogP contribution in [0.1, 0.15) is 0 Å². The van der Waals surface area contributed by atoms with Crippen molar-refractivity contribution in [2.24, 2.45) is 0 Å². The van der Waals surface area contributed by atoms with E-state index >= 15 is 0 Å². The smallest absolute Gasteiger partial charge is 0.250 e. The van der Waals surface area contributed by atoms with Crippen LogP contribution in [-0.4, -0.2) is 31.3 Å². The van der Waals surface area contributed by atoms with E-state index < -0.39 is 0 Å². The van der Waals surface area contributed by atoms with E-state index in [2.05, 4.69) is 9.88 Å². The average Bonchev–Trinajstić information content (AvgIpc) is 2.72. The van der Waals surface area contributed by atoms with Crippen molar-refractivity contribution < 1.29 is 9.47 Å². The van der Waals surface area contributed by atoms with Gasteiger partial charge in [-0.05, 0) is 36.4 Å². The molecule has 2 aromatic carbocycles. The molecule has 0 spiro atoms. The Bertz CT molecular complexity index is 1110. The zero-order valence-electron chi connectivity index (χ0n) is 15.1. The third-order valence-corrected chi connectivity index (χ3v) is 5.95. The molecule has 142 valence electrons. The van der Waals surface area contributed by atoms with Gasteiger partial charge in [-0.3, -0.25) is 4.79 Å². The monoisotopic (exact) mass is 393 g/mol. The fourth-order valence-electron chi connectivity index (χ4n) is 3.51. The predicted molar refractivity (Wildman–Crippen MR) is 111 cm³/mol. The Labute approximate surface area is 166 Å². The molecule has 28 heavy (non-hydrogen) atoms. The van der Waals surface area contributed by atoms with E-state index in [1.807, 2.05) is 42.5 Å². The Kier molecular flexibility index (Phi) is 4.26. The SMILES string of the molecule is Nc1ccc2c(c1)Sc1cccc(-c3cc(N4CCOCC4)cc(=O)[nH]3)c1O2. The van der Waals surface area contributed by atoms with Crippen molar-refractivity contribution in [2.75, 3.05) is 36.9 Å². The second-order valence-corrected chi connectivity index (χ2v) is 7.84. The van der Waals surface area contributed by atoms with E-state index in [4.69, 9.17) is 15.2 Å². The lowest BCUT2D eigenvalue weighted by molar-refractivity contribution is 0.122. The lowest BCUT2D eigenvalue weighted by Crippen LogP contribution is -2.36. The number of nitrogens with zero attached hydrogens (tertiary/aromatic N) is 1. The predicted octanol–water partition coefficient (Wildman–Crippen LogP) is 3.72. The van der Waals surface area contributed by atoms with Crippen molar-refractivity contribution in [3.05, 3.63) is 58.9 Å². The van der Waals surface area contributed by atoms with Gasteiger partial charge in [0.1, 0.15) is 5.75 Å². The van der Waals surface area contributed by atoms with Gasteiger partial charge in [-0.15, -0.1) is 0 Å². The van der Waals surface area contributed by atoms with Crippen LogP contribution in [0, 0.1) is 0 Å². The van der Waals surface area contributed by atoms with Crippen LogP contribution in [0.5, 0.6) is 11.5 Å². The highest BCUT2D eigenvalue weighted by atomic mass is 32.2. The van der Waals surface area contributed by atoms with Gasteiger partial charge in [-0.2, -0.15) is 0 Å². The van der Waals surface area contributed by atoms with Crippen LogP contribution < -0.4 is 20.9 Å². The summed E-state index contributed by atoms with van der Waals surface area (Å²) in [6.45, 7) is 2.89. The molecule has 1 saturated heterocycles. The molecule has 0 amide bonds. The van der Waals surface area contributed by atoms with Crippen molar-refractivity contribution in [1.29, 1.82) is 0 Å². The Morgan fingerprint density at radius 3 is 2.75 bits per heavy atom. The van der Waals surface area contributed by atoms with Crippen molar-refractivity contribution in [2.45, 2.75) is 9.79 Å². The molecular formula is C21H19N3O3S. The number of aromatic amines is 1. The quantitative estimate of drug-likeness (QED) is 0.505. The molecule has 3 N–H and O–H groups in total. The molecule has 3 heterocycles. The van der Waals surface area contributed by atoms with Crippen molar-refractivity contribution in [3.8, 4) is 22.8 Å². The highest BCUT2D eigenvalue weighted by Gasteiger charge is 2.22.